The first-order valence-electron chi connectivity index (χ1n) is 10.4. The van der Waals surface area contributed by atoms with Gasteiger partial charge in [-0.05, 0) is 49.1 Å². The lowest BCUT2D eigenvalue weighted by atomic mass is 10.0. The second-order valence-corrected chi connectivity index (χ2v) is 7.96. The number of anilines is 2. The van der Waals surface area contributed by atoms with Crippen LogP contribution in [-0.4, -0.2) is 41.5 Å². The Labute approximate surface area is 190 Å². The molecule has 166 valence electrons. The number of halogens is 1. The van der Waals surface area contributed by atoms with Crippen molar-refractivity contribution in [2.24, 2.45) is 5.92 Å². The van der Waals surface area contributed by atoms with Crippen molar-refractivity contribution < 1.29 is 14.3 Å². The molecule has 3 amide bonds. The highest BCUT2D eigenvalue weighted by atomic mass is 35.5. The number of benzene rings is 2. The highest BCUT2D eigenvalue weighted by molar-refractivity contribution is 6.33. The minimum atomic E-state index is -0.432. The molecule has 3 N–H and O–H groups in total. The van der Waals surface area contributed by atoms with Crippen LogP contribution in [0.5, 0.6) is 0 Å². The van der Waals surface area contributed by atoms with E-state index in [1.165, 1.54) is 6.20 Å². The molecular formula is C23H24ClN5O3. The van der Waals surface area contributed by atoms with Crippen LogP contribution in [0.2, 0.25) is 5.02 Å². The maximum Gasteiger partial charge on any atom is 0.323 e. The van der Waals surface area contributed by atoms with Crippen LogP contribution in [-0.2, 0) is 4.74 Å². The summed E-state index contributed by atoms with van der Waals surface area (Å²) in [6.45, 7) is 2.15. The Morgan fingerprint density at radius 1 is 1.09 bits per heavy atom. The van der Waals surface area contributed by atoms with Crippen molar-refractivity contribution in [3.63, 3.8) is 0 Å². The highest BCUT2D eigenvalue weighted by Crippen LogP contribution is 2.21. The number of rotatable bonds is 6. The summed E-state index contributed by atoms with van der Waals surface area (Å²) in [4.78, 5) is 24.8. The average molecular weight is 454 g/mol. The van der Waals surface area contributed by atoms with Gasteiger partial charge in [-0.2, -0.15) is 5.10 Å². The van der Waals surface area contributed by atoms with Crippen molar-refractivity contribution in [1.82, 2.24) is 15.1 Å². The van der Waals surface area contributed by atoms with E-state index < -0.39 is 6.03 Å². The summed E-state index contributed by atoms with van der Waals surface area (Å²) in [5.74, 6) is 0.329. The number of amides is 3. The van der Waals surface area contributed by atoms with Crippen LogP contribution >= 0.6 is 11.6 Å². The van der Waals surface area contributed by atoms with E-state index in [-0.39, 0.29) is 5.91 Å². The normalized spacial score (nSPS) is 14.0. The molecule has 2 aromatic carbocycles. The molecule has 0 saturated carbocycles. The standard InChI is InChI=1S/C23H24ClN5O3/c24-20-6-1-2-7-21(20)28-23(31)27-18-14-26-29(15-18)19-5-3-4-17(12-19)22(30)25-13-16-8-10-32-11-9-16/h1-7,12,14-16H,8-11,13H2,(H,25,30)(H2,27,28,31). The van der Waals surface area contributed by atoms with E-state index in [0.29, 0.717) is 40.1 Å². The molecular weight excluding hydrogens is 430 g/mol. The summed E-state index contributed by atoms with van der Waals surface area (Å²) in [6, 6.07) is 13.7. The van der Waals surface area contributed by atoms with E-state index in [9.17, 15) is 9.59 Å². The van der Waals surface area contributed by atoms with Crippen molar-refractivity contribution >= 4 is 34.9 Å². The average Bonchev–Trinajstić information content (AvgIpc) is 3.28. The first-order valence-corrected chi connectivity index (χ1v) is 10.8. The molecule has 32 heavy (non-hydrogen) atoms. The van der Waals surface area contributed by atoms with Gasteiger partial charge in [0.1, 0.15) is 0 Å². The Hall–Kier alpha value is -3.36. The van der Waals surface area contributed by atoms with Gasteiger partial charge in [0.25, 0.3) is 5.91 Å². The predicted molar refractivity (Wildman–Crippen MR) is 124 cm³/mol. The number of aromatic nitrogens is 2. The van der Waals surface area contributed by atoms with Gasteiger partial charge in [0.2, 0.25) is 0 Å². The molecule has 1 fully saturated rings. The van der Waals surface area contributed by atoms with Crippen molar-refractivity contribution in [3.05, 3.63) is 71.5 Å². The maximum absolute atomic E-state index is 12.6. The third-order valence-electron chi connectivity index (χ3n) is 5.23. The Bertz CT molecular complexity index is 1090. The van der Waals surface area contributed by atoms with Gasteiger partial charge >= 0.3 is 6.03 Å². The fourth-order valence-corrected chi connectivity index (χ4v) is 3.64. The molecule has 1 aromatic heterocycles. The summed E-state index contributed by atoms with van der Waals surface area (Å²) < 4.78 is 6.96. The van der Waals surface area contributed by atoms with Gasteiger partial charge in [-0.15, -0.1) is 0 Å². The topological polar surface area (TPSA) is 97.3 Å². The smallest absolute Gasteiger partial charge is 0.323 e. The molecule has 8 nitrogen and oxygen atoms in total. The lowest BCUT2D eigenvalue weighted by Gasteiger charge is -2.22. The molecule has 9 heteroatoms. The second kappa shape index (κ2) is 10.3. The lowest BCUT2D eigenvalue weighted by molar-refractivity contribution is 0.0642. The first-order chi connectivity index (χ1) is 15.6. The molecule has 3 aromatic rings. The minimum Gasteiger partial charge on any atom is -0.381 e. The van der Waals surface area contributed by atoms with E-state index in [2.05, 4.69) is 21.0 Å². The zero-order valence-corrected chi connectivity index (χ0v) is 18.1. The molecule has 0 aliphatic carbocycles. The molecule has 0 atom stereocenters. The molecule has 1 aliphatic heterocycles. The monoisotopic (exact) mass is 453 g/mol. The van der Waals surface area contributed by atoms with Crippen molar-refractivity contribution in [2.75, 3.05) is 30.4 Å². The van der Waals surface area contributed by atoms with E-state index in [0.717, 1.165) is 26.1 Å². The summed E-state index contributed by atoms with van der Waals surface area (Å²) in [7, 11) is 0. The zero-order valence-electron chi connectivity index (χ0n) is 17.4. The fourth-order valence-electron chi connectivity index (χ4n) is 3.46. The maximum atomic E-state index is 12.6. The predicted octanol–water partition coefficient (Wildman–Crippen LogP) is 4.33. The molecule has 1 aliphatic rings. The van der Waals surface area contributed by atoms with Crippen LogP contribution in [0.15, 0.2) is 60.9 Å². The third-order valence-corrected chi connectivity index (χ3v) is 5.56. The van der Waals surface area contributed by atoms with E-state index in [1.807, 2.05) is 6.07 Å². The van der Waals surface area contributed by atoms with Crippen LogP contribution < -0.4 is 16.0 Å². The van der Waals surface area contributed by atoms with Crippen LogP contribution in [0, 0.1) is 5.92 Å². The largest absolute Gasteiger partial charge is 0.381 e. The summed E-state index contributed by atoms with van der Waals surface area (Å²) in [6.07, 6.45) is 5.14. The molecule has 4 rings (SSSR count). The van der Waals surface area contributed by atoms with Crippen LogP contribution in [0.1, 0.15) is 23.2 Å². The van der Waals surface area contributed by atoms with Gasteiger partial charge in [0.05, 0.1) is 34.5 Å². The second-order valence-electron chi connectivity index (χ2n) is 7.55. The molecule has 1 saturated heterocycles. The highest BCUT2D eigenvalue weighted by Gasteiger charge is 2.16. The lowest BCUT2D eigenvalue weighted by Crippen LogP contribution is -2.32. The van der Waals surface area contributed by atoms with Crippen LogP contribution in [0.4, 0.5) is 16.2 Å². The SMILES string of the molecule is O=C(Nc1cnn(-c2cccc(C(=O)NCC3CCOCC3)c2)c1)Nc1ccccc1Cl. The van der Waals surface area contributed by atoms with Crippen LogP contribution in [0.3, 0.4) is 0 Å². The van der Waals surface area contributed by atoms with Gasteiger partial charge in [-0.25, -0.2) is 9.48 Å². The van der Waals surface area contributed by atoms with Crippen LogP contribution in [0.25, 0.3) is 5.69 Å². The van der Waals surface area contributed by atoms with E-state index >= 15 is 0 Å². The quantitative estimate of drug-likeness (QED) is 0.517. The van der Waals surface area contributed by atoms with E-state index in [4.69, 9.17) is 16.3 Å². The summed E-state index contributed by atoms with van der Waals surface area (Å²) in [5, 5.41) is 13.2. The van der Waals surface area contributed by atoms with Gasteiger partial charge in [-0.3, -0.25) is 4.79 Å². The summed E-state index contributed by atoms with van der Waals surface area (Å²) >= 11 is 6.07. The van der Waals surface area contributed by atoms with Gasteiger partial charge in [-0.1, -0.05) is 29.8 Å². The Kier molecular flexibility index (Phi) is 7.03. The van der Waals surface area contributed by atoms with Crippen molar-refractivity contribution in [3.8, 4) is 5.69 Å². The number of nitrogens with one attached hydrogen (secondary N) is 3. The molecule has 0 bridgehead atoms. The van der Waals surface area contributed by atoms with Gasteiger partial charge < -0.3 is 20.7 Å². The van der Waals surface area contributed by atoms with Crippen molar-refractivity contribution in [2.45, 2.75) is 12.8 Å². The number of carbonyl (C=O) groups excluding carboxylic acids is 2. The molecule has 0 spiro atoms. The number of nitrogens with zero attached hydrogens (tertiary/aromatic N) is 2. The number of urea groups is 1. The molecule has 0 radical (unpaired) electrons. The fraction of sp³-hybridized carbons (Fsp3) is 0.261. The number of ether oxygens (including phenoxy) is 1. The zero-order chi connectivity index (χ0) is 22.3. The third kappa shape index (κ3) is 5.66. The minimum absolute atomic E-state index is 0.122. The Morgan fingerprint density at radius 2 is 1.91 bits per heavy atom. The van der Waals surface area contributed by atoms with Gasteiger partial charge in [0.15, 0.2) is 0 Å². The van der Waals surface area contributed by atoms with Gasteiger partial charge in [0, 0.05) is 25.3 Å². The Morgan fingerprint density at radius 3 is 2.72 bits per heavy atom. The van der Waals surface area contributed by atoms with E-state index in [1.54, 1.807) is 53.3 Å². The number of hydrogen-bond donors (Lipinski definition) is 3. The molecule has 2 heterocycles. The summed E-state index contributed by atoms with van der Waals surface area (Å²) in [5.41, 5.74) is 2.28. The first kappa shape index (κ1) is 21.9. The Balaban J connectivity index is 1.36. The number of para-hydroxylation sites is 1. The molecule has 0 unspecified atom stereocenters. The number of carbonyl (C=O) groups is 2. The van der Waals surface area contributed by atoms with Crippen molar-refractivity contribution in [1.29, 1.82) is 0 Å². The number of hydrogen-bond acceptors (Lipinski definition) is 4.